The van der Waals surface area contributed by atoms with Gasteiger partial charge in [0.05, 0.1) is 24.8 Å². The summed E-state index contributed by atoms with van der Waals surface area (Å²) < 4.78 is 35.8. The number of carboxylic acid groups (broad SMARTS) is 1. The largest absolute Gasteiger partial charge is 0.478 e. The topological polar surface area (TPSA) is 107 Å². The third kappa shape index (κ3) is 4.18. The number of aromatic nitrogens is 3. The third-order valence-corrected chi connectivity index (χ3v) is 7.78. The summed E-state index contributed by atoms with van der Waals surface area (Å²) in [6, 6.07) is 7.61. The van der Waals surface area contributed by atoms with Gasteiger partial charge in [-0.15, -0.1) is 21.5 Å². The van der Waals surface area contributed by atoms with Crippen LogP contribution in [0.1, 0.15) is 56.0 Å². The highest BCUT2D eigenvalue weighted by atomic mass is 32.1. The zero-order valence-electron chi connectivity index (χ0n) is 20.9. The first-order valence-electron chi connectivity index (χ1n) is 11.6. The van der Waals surface area contributed by atoms with Gasteiger partial charge in [-0.25, -0.2) is 13.6 Å². The second-order valence-electron chi connectivity index (χ2n) is 8.87. The maximum Gasteiger partial charge on any atom is 0.338 e. The maximum atomic E-state index is 14.7. The minimum atomic E-state index is -1.54. The van der Waals surface area contributed by atoms with Crippen LogP contribution in [0.2, 0.25) is 0 Å². The van der Waals surface area contributed by atoms with Crippen LogP contribution in [0.3, 0.4) is 0 Å². The summed E-state index contributed by atoms with van der Waals surface area (Å²) >= 11 is 1.57. The van der Waals surface area contributed by atoms with Crippen molar-refractivity contribution in [2.75, 3.05) is 7.11 Å². The number of rotatable bonds is 5. The maximum absolute atomic E-state index is 14.7. The van der Waals surface area contributed by atoms with Gasteiger partial charge in [0.25, 0.3) is 0 Å². The Morgan fingerprint density at radius 2 is 1.74 bits per heavy atom. The lowest BCUT2D eigenvalue weighted by molar-refractivity contribution is -0.141. The van der Waals surface area contributed by atoms with Crippen LogP contribution in [0.25, 0.3) is 16.1 Å². The number of esters is 1. The Kier molecular flexibility index (Phi) is 6.39. The summed E-state index contributed by atoms with van der Waals surface area (Å²) in [4.78, 5) is 29.5. The van der Waals surface area contributed by atoms with Crippen molar-refractivity contribution in [3.8, 4) is 16.1 Å². The van der Waals surface area contributed by atoms with Gasteiger partial charge in [-0.1, -0.05) is 24.3 Å². The number of aromatic carboxylic acids is 1. The van der Waals surface area contributed by atoms with E-state index in [9.17, 15) is 18.4 Å². The van der Waals surface area contributed by atoms with Gasteiger partial charge in [-0.3, -0.25) is 14.4 Å². The second kappa shape index (κ2) is 9.56. The van der Waals surface area contributed by atoms with E-state index in [0.29, 0.717) is 34.6 Å². The number of carbonyl (C=O) groups excluding carboxylic acids is 1. The van der Waals surface area contributed by atoms with Crippen molar-refractivity contribution in [1.29, 1.82) is 0 Å². The van der Waals surface area contributed by atoms with E-state index in [1.807, 2.05) is 25.3 Å². The standard InChI is InChI=1S/C27H22F2N4O4S/c1-12-13(2)38-26-23(12)24(30-21(11-22(34)37-4)25-32-31-14(3)33(25)26)16-7-5-15(6-8-16)17-9-20(29)18(27(35)36)10-19(17)28/h5-10,21H,11H2,1-4H3,(H,35,36)/t21-/m0/s1. The molecule has 8 nitrogen and oxygen atoms in total. The zero-order valence-corrected chi connectivity index (χ0v) is 21.7. The second-order valence-corrected chi connectivity index (χ2v) is 10.1. The number of carboxylic acids is 1. The molecule has 1 N–H and O–H groups in total. The minimum absolute atomic E-state index is 0.0381. The monoisotopic (exact) mass is 536 g/mol. The molecule has 5 rings (SSSR count). The summed E-state index contributed by atoms with van der Waals surface area (Å²) in [5.74, 6) is -2.67. The Labute approximate surface area is 220 Å². The first kappa shape index (κ1) is 25.4. The number of methoxy groups -OCH3 is 1. The number of hydrogen-bond donors (Lipinski definition) is 1. The SMILES string of the molecule is COC(=O)C[C@@H]1N=C(c2ccc(-c3cc(F)c(C(=O)O)cc3F)cc2)c2c(sc(C)c2C)-n2c(C)nnc21. The number of benzene rings is 2. The highest BCUT2D eigenvalue weighted by Gasteiger charge is 2.32. The zero-order chi connectivity index (χ0) is 27.3. The first-order chi connectivity index (χ1) is 18.1. The summed E-state index contributed by atoms with van der Waals surface area (Å²) in [5.41, 5.74) is 2.79. The van der Waals surface area contributed by atoms with E-state index in [0.717, 1.165) is 27.1 Å². The van der Waals surface area contributed by atoms with Crippen molar-refractivity contribution >= 4 is 29.0 Å². The quantitative estimate of drug-likeness (QED) is 0.345. The van der Waals surface area contributed by atoms with E-state index in [4.69, 9.17) is 14.8 Å². The molecule has 194 valence electrons. The van der Waals surface area contributed by atoms with Crippen molar-refractivity contribution in [2.45, 2.75) is 33.2 Å². The van der Waals surface area contributed by atoms with Crippen molar-refractivity contribution < 1.29 is 28.2 Å². The van der Waals surface area contributed by atoms with Crippen LogP contribution in [0.4, 0.5) is 8.78 Å². The number of nitrogens with zero attached hydrogens (tertiary/aromatic N) is 4. The number of thiophene rings is 1. The van der Waals surface area contributed by atoms with Gasteiger partial charge < -0.3 is 9.84 Å². The minimum Gasteiger partial charge on any atom is -0.478 e. The number of hydrogen-bond acceptors (Lipinski definition) is 7. The third-order valence-electron chi connectivity index (χ3n) is 6.58. The lowest BCUT2D eigenvalue weighted by Gasteiger charge is -2.12. The van der Waals surface area contributed by atoms with E-state index in [1.54, 1.807) is 35.6 Å². The molecule has 0 radical (unpaired) electrons. The molecule has 38 heavy (non-hydrogen) atoms. The number of aliphatic imine (C=N–C) groups is 1. The Balaban J connectivity index is 1.65. The van der Waals surface area contributed by atoms with E-state index in [-0.39, 0.29) is 12.0 Å². The van der Waals surface area contributed by atoms with Crippen LogP contribution in [0.15, 0.2) is 41.4 Å². The van der Waals surface area contributed by atoms with Crippen LogP contribution >= 0.6 is 11.3 Å². The molecule has 1 aliphatic heterocycles. The molecule has 11 heteroatoms. The smallest absolute Gasteiger partial charge is 0.338 e. The lowest BCUT2D eigenvalue weighted by Crippen LogP contribution is -2.12. The van der Waals surface area contributed by atoms with Gasteiger partial charge in [0.1, 0.15) is 28.5 Å². The van der Waals surface area contributed by atoms with Crippen molar-refractivity contribution in [3.63, 3.8) is 0 Å². The molecule has 2 aromatic carbocycles. The van der Waals surface area contributed by atoms with E-state index < -0.39 is 35.2 Å². The van der Waals surface area contributed by atoms with Crippen molar-refractivity contribution in [3.05, 3.63) is 86.8 Å². The van der Waals surface area contributed by atoms with Crippen molar-refractivity contribution in [1.82, 2.24) is 14.8 Å². The van der Waals surface area contributed by atoms with Gasteiger partial charge in [0, 0.05) is 21.6 Å². The van der Waals surface area contributed by atoms with Gasteiger partial charge in [-0.2, -0.15) is 0 Å². The van der Waals surface area contributed by atoms with Crippen LogP contribution in [-0.2, 0) is 9.53 Å². The molecule has 2 aromatic heterocycles. The van der Waals surface area contributed by atoms with Gasteiger partial charge in [-0.05, 0) is 44.0 Å². The van der Waals surface area contributed by atoms with Crippen LogP contribution in [0, 0.1) is 32.4 Å². The molecule has 0 unspecified atom stereocenters. The van der Waals surface area contributed by atoms with E-state index in [2.05, 4.69) is 10.2 Å². The molecule has 0 fully saturated rings. The average molecular weight is 537 g/mol. The van der Waals surface area contributed by atoms with E-state index >= 15 is 0 Å². The molecular weight excluding hydrogens is 514 g/mol. The van der Waals surface area contributed by atoms with Crippen LogP contribution in [0.5, 0.6) is 0 Å². The predicted octanol–water partition coefficient (Wildman–Crippen LogP) is 5.35. The Bertz CT molecular complexity index is 1640. The fourth-order valence-corrected chi connectivity index (χ4v) is 5.72. The Morgan fingerprint density at radius 3 is 2.39 bits per heavy atom. The summed E-state index contributed by atoms with van der Waals surface area (Å²) in [6.45, 7) is 5.85. The summed E-state index contributed by atoms with van der Waals surface area (Å²) in [6.07, 6.45) is -0.0381. The number of fused-ring (bicyclic) bond motifs is 3. The van der Waals surface area contributed by atoms with Crippen molar-refractivity contribution in [2.24, 2.45) is 4.99 Å². The molecular formula is C27H22F2N4O4S. The summed E-state index contributed by atoms with van der Waals surface area (Å²) in [7, 11) is 1.31. The molecule has 3 heterocycles. The van der Waals surface area contributed by atoms with Gasteiger partial charge in [0.15, 0.2) is 5.82 Å². The Hall–Kier alpha value is -4.25. The number of ether oxygens (including phenoxy) is 1. The number of aryl methyl sites for hydroxylation is 2. The molecule has 4 aromatic rings. The fraction of sp³-hybridized carbons (Fsp3) is 0.222. The average Bonchev–Trinajstić information content (AvgIpc) is 3.37. The molecule has 1 aliphatic rings. The molecule has 0 bridgehead atoms. The summed E-state index contributed by atoms with van der Waals surface area (Å²) in [5, 5.41) is 18.5. The molecule has 0 saturated heterocycles. The lowest BCUT2D eigenvalue weighted by atomic mass is 9.96. The number of halogens is 2. The van der Waals surface area contributed by atoms with Crippen LogP contribution < -0.4 is 0 Å². The van der Waals surface area contributed by atoms with E-state index in [1.165, 1.54) is 7.11 Å². The normalized spacial score (nSPS) is 14.4. The molecule has 0 amide bonds. The molecule has 0 aliphatic carbocycles. The fourth-order valence-electron chi connectivity index (χ4n) is 4.51. The highest BCUT2D eigenvalue weighted by molar-refractivity contribution is 7.15. The first-order valence-corrected chi connectivity index (χ1v) is 12.4. The molecule has 0 saturated carbocycles. The highest BCUT2D eigenvalue weighted by Crippen LogP contribution is 2.40. The Morgan fingerprint density at radius 1 is 1.05 bits per heavy atom. The van der Waals surface area contributed by atoms with Gasteiger partial charge in [0.2, 0.25) is 0 Å². The molecule has 0 spiro atoms. The molecule has 1 atom stereocenters. The van der Waals surface area contributed by atoms with Gasteiger partial charge >= 0.3 is 11.9 Å². The number of carbonyl (C=O) groups is 2. The predicted molar refractivity (Wildman–Crippen MR) is 137 cm³/mol. The van der Waals surface area contributed by atoms with Crippen LogP contribution in [-0.4, -0.2) is 44.6 Å².